The van der Waals surface area contributed by atoms with E-state index in [1.54, 1.807) is 24.3 Å². The summed E-state index contributed by atoms with van der Waals surface area (Å²) >= 11 is 0. The Hall–Kier alpha value is -3.74. The lowest BCUT2D eigenvalue weighted by Gasteiger charge is -1.98. The van der Waals surface area contributed by atoms with Gasteiger partial charge in [-0.25, -0.2) is 0 Å². The number of nitrogens with zero attached hydrogens (tertiary/aromatic N) is 2. The van der Waals surface area contributed by atoms with Crippen LogP contribution in [0.2, 0.25) is 0 Å². The van der Waals surface area contributed by atoms with Crippen molar-refractivity contribution in [3.63, 3.8) is 0 Å². The molecule has 0 bridgehead atoms. The monoisotopic (exact) mass is 459 g/mol. The third-order valence-corrected chi connectivity index (χ3v) is 6.71. The van der Waals surface area contributed by atoms with Crippen molar-refractivity contribution in [2.45, 2.75) is 57.8 Å². The highest BCUT2D eigenvalue weighted by Crippen LogP contribution is 2.27. The topological polar surface area (TPSA) is 112 Å². The van der Waals surface area contributed by atoms with Crippen molar-refractivity contribution < 1.29 is 9.85 Å². The van der Waals surface area contributed by atoms with E-state index < -0.39 is 0 Å². The van der Waals surface area contributed by atoms with Gasteiger partial charge in [-0.3, -0.25) is 20.2 Å². The molecule has 0 amide bonds. The van der Waals surface area contributed by atoms with Crippen LogP contribution in [0.4, 0.5) is 17.1 Å². The number of anilines is 1. The standard InChI is InChI=1S/2C9H9NO2.C9H11N/c2*11-10(12)9-5-4-7-2-1-3-8(7)6-9;10-9-5-4-7-2-1-3-8(7)6-9/h2*4-6H,1-3H2;4-6H,1-3,10H2. The lowest BCUT2D eigenvalue weighted by molar-refractivity contribution is -0.385. The zero-order valence-corrected chi connectivity index (χ0v) is 19.2. The molecule has 6 rings (SSSR count). The molecule has 3 aromatic rings. The summed E-state index contributed by atoms with van der Waals surface area (Å²) in [6.07, 6.45) is 10.2. The number of benzene rings is 3. The molecule has 0 saturated heterocycles. The summed E-state index contributed by atoms with van der Waals surface area (Å²) in [4.78, 5) is 20.1. The highest BCUT2D eigenvalue weighted by atomic mass is 16.6. The first-order valence-corrected chi connectivity index (χ1v) is 11.8. The predicted molar refractivity (Wildman–Crippen MR) is 133 cm³/mol. The molecule has 3 aliphatic rings. The normalized spacial score (nSPS) is 14.6. The third kappa shape index (κ3) is 5.60. The maximum Gasteiger partial charge on any atom is 0.269 e. The van der Waals surface area contributed by atoms with Crippen molar-refractivity contribution in [1.29, 1.82) is 0 Å². The molecular weight excluding hydrogens is 430 g/mol. The molecule has 7 heteroatoms. The molecule has 3 aliphatic carbocycles. The highest BCUT2D eigenvalue weighted by Gasteiger charge is 2.15. The van der Waals surface area contributed by atoms with Crippen LogP contribution in [-0.2, 0) is 38.5 Å². The van der Waals surface area contributed by atoms with E-state index in [1.165, 1.54) is 41.5 Å². The summed E-state index contributed by atoms with van der Waals surface area (Å²) < 4.78 is 0. The first-order valence-electron chi connectivity index (χ1n) is 11.8. The summed E-state index contributed by atoms with van der Waals surface area (Å²) in [6.45, 7) is 0. The fraction of sp³-hybridized carbons (Fsp3) is 0.333. The van der Waals surface area contributed by atoms with Crippen molar-refractivity contribution in [3.05, 3.63) is 108 Å². The molecule has 0 unspecified atom stereocenters. The number of aryl methyl sites for hydroxylation is 6. The second-order valence-corrected chi connectivity index (χ2v) is 9.01. The van der Waals surface area contributed by atoms with Crippen LogP contribution < -0.4 is 5.73 Å². The fourth-order valence-electron chi connectivity index (χ4n) is 4.94. The minimum atomic E-state index is -0.335. The molecule has 176 valence electrons. The summed E-state index contributed by atoms with van der Waals surface area (Å²) in [5.74, 6) is 0. The van der Waals surface area contributed by atoms with Gasteiger partial charge in [-0.2, -0.15) is 0 Å². The second-order valence-electron chi connectivity index (χ2n) is 9.01. The largest absolute Gasteiger partial charge is 0.399 e. The first-order chi connectivity index (χ1) is 16.4. The molecule has 0 aliphatic heterocycles. The lowest BCUT2D eigenvalue weighted by atomic mass is 10.1. The summed E-state index contributed by atoms with van der Waals surface area (Å²) in [6, 6.07) is 16.6. The molecule has 0 heterocycles. The van der Waals surface area contributed by atoms with Crippen LogP contribution in [0, 0.1) is 20.2 Å². The Kier molecular flexibility index (Phi) is 7.21. The van der Waals surface area contributed by atoms with Gasteiger partial charge in [0.05, 0.1) is 9.85 Å². The smallest absolute Gasteiger partial charge is 0.269 e. The maximum atomic E-state index is 10.4. The molecule has 0 radical (unpaired) electrons. The SMILES string of the molecule is Nc1ccc2c(c1)CCC2.O=[N+]([O-])c1ccc2c(c1)CCC2.O=[N+]([O-])c1ccc2c(c1)CCC2. The van der Waals surface area contributed by atoms with Crippen molar-refractivity contribution in [2.75, 3.05) is 5.73 Å². The van der Waals surface area contributed by atoms with Gasteiger partial charge in [0.1, 0.15) is 0 Å². The average Bonchev–Trinajstić information content (AvgIpc) is 3.58. The molecule has 0 spiro atoms. The van der Waals surface area contributed by atoms with E-state index in [0.717, 1.165) is 55.3 Å². The summed E-state index contributed by atoms with van der Waals surface area (Å²) in [5, 5.41) is 20.8. The Labute approximate surface area is 198 Å². The first kappa shape index (κ1) is 23.4. The quantitative estimate of drug-likeness (QED) is 0.290. The van der Waals surface area contributed by atoms with Gasteiger partial charge in [-0.1, -0.05) is 18.2 Å². The van der Waals surface area contributed by atoms with E-state index >= 15 is 0 Å². The Bertz CT molecular complexity index is 1150. The molecule has 34 heavy (non-hydrogen) atoms. The van der Waals surface area contributed by atoms with E-state index in [4.69, 9.17) is 5.73 Å². The van der Waals surface area contributed by atoms with Crippen LogP contribution in [0.1, 0.15) is 52.6 Å². The molecule has 0 aromatic heterocycles. The number of hydrogen-bond donors (Lipinski definition) is 1. The zero-order valence-electron chi connectivity index (χ0n) is 19.2. The van der Waals surface area contributed by atoms with Gasteiger partial charge >= 0.3 is 0 Å². The van der Waals surface area contributed by atoms with E-state index in [2.05, 4.69) is 12.1 Å². The molecule has 0 fully saturated rings. The van der Waals surface area contributed by atoms with Gasteiger partial charge < -0.3 is 5.73 Å². The van der Waals surface area contributed by atoms with Gasteiger partial charge in [0.25, 0.3) is 11.4 Å². The van der Waals surface area contributed by atoms with Gasteiger partial charge in [0.2, 0.25) is 0 Å². The molecular formula is C27H29N3O4. The number of rotatable bonds is 2. The summed E-state index contributed by atoms with van der Waals surface area (Å²) in [5.41, 5.74) is 14.8. The minimum absolute atomic E-state index is 0.218. The molecule has 0 atom stereocenters. The van der Waals surface area contributed by atoms with Crippen LogP contribution in [-0.4, -0.2) is 9.85 Å². The van der Waals surface area contributed by atoms with E-state index in [9.17, 15) is 20.2 Å². The lowest BCUT2D eigenvalue weighted by Crippen LogP contribution is -1.89. The van der Waals surface area contributed by atoms with Crippen molar-refractivity contribution in [2.24, 2.45) is 0 Å². The maximum absolute atomic E-state index is 10.4. The Balaban J connectivity index is 0.000000121. The van der Waals surface area contributed by atoms with Crippen LogP contribution in [0.25, 0.3) is 0 Å². The Morgan fingerprint density at radius 3 is 1.29 bits per heavy atom. The Morgan fingerprint density at radius 2 is 0.882 bits per heavy atom. The minimum Gasteiger partial charge on any atom is -0.399 e. The van der Waals surface area contributed by atoms with Gasteiger partial charge in [0, 0.05) is 30.0 Å². The number of non-ortho nitro benzene ring substituents is 2. The third-order valence-electron chi connectivity index (χ3n) is 6.71. The average molecular weight is 460 g/mol. The fourth-order valence-corrected chi connectivity index (χ4v) is 4.94. The zero-order chi connectivity index (χ0) is 24.1. The number of hydrogen-bond acceptors (Lipinski definition) is 5. The molecule has 0 saturated carbocycles. The molecule has 2 N–H and O–H groups in total. The van der Waals surface area contributed by atoms with Crippen molar-refractivity contribution in [1.82, 2.24) is 0 Å². The van der Waals surface area contributed by atoms with Gasteiger partial charge in [-0.15, -0.1) is 0 Å². The molecule has 7 nitrogen and oxygen atoms in total. The van der Waals surface area contributed by atoms with E-state index in [0.29, 0.717) is 0 Å². The van der Waals surface area contributed by atoms with Crippen LogP contribution in [0.5, 0.6) is 0 Å². The van der Waals surface area contributed by atoms with Crippen LogP contribution in [0.3, 0.4) is 0 Å². The van der Waals surface area contributed by atoms with Gasteiger partial charge in [0.15, 0.2) is 0 Å². The van der Waals surface area contributed by atoms with Crippen LogP contribution >= 0.6 is 0 Å². The van der Waals surface area contributed by atoms with E-state index in [1.807, 2.05) is 18.2 Å². The highest BCUT2D eigenvalue weighted by molar-refractivity contribution is 5.46. The second kappa shape index (κ2) is 10.5. The van der Waals surface area contributed by atoms with E-state index in [-0.39, 0.29) is 21.2 Å². The number of nitro groups is 2. The van der Waals surface area contributed by atoms with Crippen molar-refractivity contribution >= 4 is 17.1 Å². The number of nitro benzene ring substituents is 2. The number of fused-ring (bicyclic) bond motifs is 3. The predicted octanol–water partition coefficient (Wildman–Crippen LogP) is 5.92. The van der Waals surface area contributed by atoms with Gasteiger partial charge in [-0.05, 0) is 103 Å². The number of nitrogen functional groups attached to an aromatic ring is 1. The summed E-state index contributed by atoms with van der Waals surface area (Å²) in [7, 11) is 0. The van der Waals surface area contributed by atoms with Crippen LogP contribution in [0.15, 0.2) is 54.6 Å². The van der Waals surface area contributed by atoms with Crippen molar-refractivity contribution in [3.8, 4) is 0 Å². The Morgan fingerprint density at radius 1 is 0.529 bits per heavy atom. The molecule has 3 aromatic carbocycles. The number of nitrogens with two attached hydrogens (primary N) is 1.